The van der Waals surface area contributed by atoms with Crippen molar-refractivity contribution in [2.45, 2.75) is 20.5 Å². The maximum absolute atomic E-state index is 11.2. The number of hydrogen-bond donors (Lipinski definition) is 2. The van der Waals surface area contributed by atoms with Crippen molar-refractivity contribution in [2.75, 3.05) is 0 Å². The summed E-state index contributed by atoms with van der Waals surface area (Å²) in [6.07, 6.45) is 0. The van der Waals surface area contributed by atoms with E-state index in [1.165, 1.54) is 5.56 Å². The van der Waals surface area contributed by atoms with Crippen LogP contribution < -0.4 is 10.5 Å². The molecule has 0 unspecified atom stereocenters. The number of amides is 1. The van der Waals surface area contributed by atoms with E-state index in [2.05, 4.69) is 0 Å². The van der Waals surface area contributed by atoms with Crippen LogP contribution in [0.5, 0.6) is 5.75 Å². The molecule has 4 nitrogen and oxygen atoms in total. The first kappa shape index (κ1) is 14.8. The maximum Gasteiger partial charge on any atom is 0.267 e. The SMILES string of the molecule is Cc1ccc(OCc2ccccc2C(=N)C(N)=O)c(C)c1. The topological polar surface area (TPSA) is 76.2 Å². The van der Waals surface area contributed by atoms with Gasteiger partial charge in [0, 0.05) is 5.56 Å². The number of carbonyl (C=O) groups is 1. The number of ether oxygens (including phenoxy) is 1. The number of rotatable bonds is 5. The molecule has 0 aliphatic rings. The van der Waals surface area contributed by atoms with E-state index in [1.54, 1.807) is 12.1 Å². The fourth-order valence-corrected chi connectivity index (χ4v) is 2.14. The minimum atomic E-state index is -0.742. The number of carbonyl (C=O) groups excluding carboxylic acids is 1. The monoisotopic (exact) mass is 282 g/mol. The van der Waals surface area contributed by atoms with Crippen molar-refractivity contribution in [3.8, 4) is 5.75 Å². The van der Waals surface area contributed by atoms with Gasteiger partial charge in [-0.1, -0.05) is 42.0 Å². The van der Waals surface area contributed by atoms with E-state index in [-0.39, 0.29) is 12.3 Å². The summed E-state index contributed by atoms with van der Waals surface area (Å²) < 4.78 is 5.80. The Morgan fingerprint density at radius 3 is 2.57 bits per heavy atom. The van der Waals surface area contributed by atoms with Gasteiger partial charge in [0.25, 0.3) is 5.91 Å². The Bertz CT molecular complexity index is 693. The summed E-state index contributed by atoms with van der Waals surface area (Å²) in [6.45, 7) is 4.30. The number of hydrogen-bond acceptors (Lipinski definition) is 3. The van der Waals surface area contributed by atoms with E-state index in [4.69, 9.17) is 15.9 Å². The standard InChI is InChI=1S/C17H18N2O2/c1-11-7-8-15(12(2)9-11)21-10-13-5-3-4-6-14(13)16(18)17(19)20/h3-9,18H,10H2,1-2H3,(H2,19,20). The van der Waals surface area contributed by atoms with E-state index in [0.29, 0.717) is 5.56 Å². The molecule has 0 atom stereocenters. The van der Waals surface area contributed by atoms with Crippen LogP contribution >= 0.6 is 0 Å². The van der Waals surface area contributed by atoms with Crippen LogP contribution in [0.3, 0.4) is 0 Å². The predicted molar refractivity (Wildman–Crippen MR) is 82.7 cm³/mol. The normalized spacial score (nSPS) is 10.2. The molecule has 0 radical (unpaired) electrons. The van der Waals surface area contributed by atoms with Crippen molar-refractivity contribution in [1.82, 2.24) is 0 Å². The molecule has 0 saturated heterocycles. The Kier molecular flexibility index (Phi) is 4.38. The van der Waals surface area contributed by atoms with Crippen LogP contribution in [0.25, 0.3) is 0 Å². The predicted octanol–water partition coefficient (Wildman–Crippen LogP) is 2.74. The number of aryl methyl sites for hydroxylation is 2. The Morgan fingerprint density at radius 2 is 1.90 bits per heavy atom. The number of nitrogens with one attached hydrogen (secondary N) is 1. The fraction of sp³-hybridized carbons (Fsp3) is 0.176. The van der Waals surface area contributed by atoms with Gasteiger partial charge < -0.3 is 10.5 Å². The van der Waals surface area contributed by atoms with Crippen LogP contribution in [0.4, 0.5) is 0 Å². The average molecular weight is 282 g/mol. The third kappa shape index (κ3) is 3.48. The van der Waals surface area contributed by atoms with Crippen molar-refractivity contribution >= 4 is 11.6 Å². The maximum atomic E-state index is 11.2. The van der Waals surface area contributed by atoms with Gasteiger partial charge in [-0.3, -0.25) is 10.2 Å². The van der Waals surface area contributed by atoms with Gasteiger partial charge in [-0.25, -0.2) is 0 Å². The van der Waals surface area contributed by atoms with Crippen LogP contribution in [0.2, 0.25) is 0 Å². The molecule has 0 aromatic heterocycles. The van der Waals surface area contributed by atoms with Crippen LogP contribution in [0.15, 0.2) is 42.5 Å². The van der Waals surface area contributed by atoms with Gasteiger partial charge in [-0.2, -0.15) is 0 Å². The van der Waals surface area contributed by atoms with Crippen LogP contribution in [0.1, 0.15) is 22.3 Å². The molecule has 0 fully saturated rings. The second kappa shape index (κ2) is 6.22. The number of nitrogens with two attached hydrogens (primary N) is 1. The highest BCUT2D eigenvalue weighted by Gasteiger charge is 2.12. The van der Waals surface area contributed by atoms with Crippen molar-refractivity contribution in [1.29, 1.82) is 5.41 Å². The van der Waals surface area contributed by atoms with E-state index >= 15 is 0 Å². The summed E-state index contributed by atoms with van der Waals surface area (Å²) in [5, 5.41) is 7.75. The van der Waals surface area contributed by atoms with Crippen LogP contribution in [-0.2, 0) is 11.4 Å². The molecule has 0 saturated carbocycles. The first-order valence-corrected chi connectivity index (χ1v) is 6.65. The Hall–Kier alpha value is -2.62. The summed E-state index contributed by atoms with van der Waals surface area (Å²) in [5.74, 6) is 0.0509. The van der Waals surface area contributed by atoms with E-state index in [0.717, 1.165) is 16.9 Å². The summed E-state index contributed by atoms with van der Waals surface area (Å²) in [6, 6.07) is 13.1. The van der Waals surface area contributed by atoms with Gasteiger partial charge >= 0.3 is 0 Å². The van der Waals surface area contributed by atoms with Gasteiger partial charge in [-0.05, 0) is 31.0 Å². The zero-order valence-electron chi connectivity index (χ0n) is 12.1. The zero-order valence-corrected chi connectivity index (χ0v) is 12.1. The quantitative estimate of drug-likeness (QED) is 0.827. The molecule has 0 aliphatic heterocycles. The molecule has 2 rings (SSSR count). The van der Waals surface area contributed by atoms with Gasteiger partial charge in [0.1, 0.15) is 18.1 Å². The molecule has 108 valence electrons. The smallest absolute Gasteiger partial charge is 0.267 e. The Balaban J connectivity index is 2.20. The number of primary amides is 1. The van der Waals surface area contributed by atoms with Crippen molar-refractivity contribution in [2.24, 2.45) is 5.73 Å². The van der Waals surface area contributed by atoms with Crippen molar-refractivity contribution in [3.63, 3.8) is 0 Å². The summed E-state index contributed by atoms with van der Waals surface area (Å²) in [7, 11) is 0. The van der Waals surface area contributed by atoms with Gasteiger partial charge in [-0.15, -0.1) is 0 Å². The van der Waals surface area contributed by atoms with Gasteiger partial charge in [0.2, 0.25) is 0 Å². The van der Waals surface area contributed by atoms with Crippen molar-refractivity contribution in [3.05, 3.63) is 64.7 Å². The minimum Gasteiger partial charge on any atom is -0.489 e. The lowest BCUT2D eigenvalue weighted by Gasteiger charge is -2.12. The van der Waals surface area contributed by atoms with Crippen LogP contribution in [0, 0.1) is 19.3 Å². The second-order valence-electron chi connectivity index (χ2n) is 4.95. The minimum absolute atomic E-state index is 0.199. The molecular weight excluding hydrogens is 264 g/mol. The first-order valence-electron chi connectivity index (χ1n) is 6.65. The molecule has 3 N–H and O–H groups in total. The molecule has 2 aromatic carbocycles. The third-order valence-corrected chi connectivity index (χ3v) is 3.25. The summed E-state index contributed by atoms with van der Waals surface area (Å²) in [5.41, 5.74) is 8.49. The average Bonchev–Trinajstić information content (AvgIpc) is 2.46. The molecule has 0 spiro atoms. The lowest BCUT2D eigenvalue weighted by atomic mass is 10.0. The van der Waals surface area contributed by atoms with Crippen LogP contribution in [-0.4, -0.2) is 11.6 Å². The summed E-state index contributed by atoms with van der Waals surface area (Å²) >= 11 is 0. The van der Waals surface area contributed by atoms with Gasteiger partial charge in [0.05, 0.1) is 0 Å². The van der Waals surface area contributed by atoms with Crippen molar-refractivity contribution < 1.29 is 9.53 Å². The van der Waals surface area contributed by atoms with E-state index < -0.39 is 5.91 Å². The Morgan fingerprint density at radius 1 is 1.19 bits per heavy atom. The molecule has 0 bridgehead atoms. The second-order valence-corrected chi connectivity index (χ2v) is 4.95. The molecule has 0 aliphatic carbocycles. The third-order valence-electron chi connectivity index (χ3n) is 3.25. The molecule has 2 aromatic rings. The molecule has 0 heterocycles. The highest BCUT2D eigenvalue weighted by atomic mass is 16.5. The zero-order chi connectivity index (χ0) is 15.4. The highest BCUT2D eigenvalue weighted by Crippen LogP contribution is 2.21. The number of benzene rings is 2. The van der Waals surface area contributed by atoms with Gasteiger partial charge in [0.15, 0.2) is 0 Å². The largest absolute Gasteiger partial charge is 0.489 e. The summed E-state index contributed by atoms with van der Waals surface area (Å²) in [4.78, 5) is 11.2. The lowest BCUT2D eigenvalue weighted by molar-refractivity contribution is -0.112. The molecule has 4 heteroatoms. The van der Waals surface area contributed by atoms with E-state index in [9.17, 15) is 4.79 Å². The highest BCUT2D eigenvalue weighted by molar-refractivity contribution is 6.43. The molecule has 21 heavy (non-hydrogen) atoms. The lowest BCUT2D eigenvalue weighted by Crippen LogP contribution is -2.24. The first-order chi connectivity index (χ1) is 9.99. The Labute approximate surface area is 124 Å². The fourth-order valence-electron chi connectivity index (χ4n) is 2.14. The molecular formula is C17H18N2O2. The molecule has 1 amide bonds. The van der Waals surface area contributed by atoms with E-state index in [1.807, 2.05) is 44.2 Å².